The highest BCUT2D eigenvalue weighted by Gasteiger charge is 2.34. The minimum Gasteiger partial charge on any atom is -0.298 e. The Morgan fingerprint density at radius 3 is 2.00 bits per heavy atom. The molecule has 1 rings (SSSR count). The number of rotatable bonds is 15. The SMILES string of the molecule is CCCCC/C=C\C/C=C\CCCCCCCC(=O)C1C(=O)CCCC1=O. The first-order valence-electron chi connectivity index (χ1n) is 11.0. The van der Waals surface area contributed by atoms with E-state index in [2.05, 4.69) is 31.2 Å². The van der Waals surface area contributed by atoms with Crippen molar-refractivity contribution in [2.75, 3.05) is 0 Å². The standard InChI is InChI=1S/C24H38O3/c1-2-3-4-5-6-7-8-9-10-11-12-13-14-15-16-18-21(25)24-22(26)19-17-20-23(24)27/h6-7,9-10,24H,2-5,8,11-20H2,1H3/b7-6-,10-9-. The lowest BCUT2D eigenvalue weighted by atomic mass is 9.82. The van der Waals surface area contributed by atoms with Crippen molar-refractivity contribution in [1.82, 2.24) is 0 Å². The highest BCUT2D eigenvalue weighted by atomic mass is 16.2. The summed E-state index contributed by atoms with van der Waals surface area (Å²) in [6, 6.07) is 0. The third-order valence-electron chi connectivity index (χ3n) is 5.19. The van der Waals surface area contributed by atoms with E-state index in [9.17, 15) is 14.4 Å². The summed E-state index contributed by atoms with van der Waals surface area (Å²) in [5.74, 6) is -1.38. The third-order valence-corrected chi connectivity index (χ3v) is 5.19. The van der Waals surface area contributed by atoms with E-state index in [0.717, 1.165) is 32.1 Å². The summed E-state index contributed by atoms with van der Waals surface area (Å²) in [4.78, 5) is 35.6. The van der Waals surface area contributed by atoms with E-state index in [1.807, 2.05) is 0 Å². The van der Waals surface area contributed by atoms with Gasteiger partial charge in [0.15, 0.2) is 17.3 Å². The number of hydrogen-bond donors (Lipinski definition) is 0. The van der Waals surface area contributed by atoms with E-state index < -0.39 is 5.92 Å². The van der Waals surface area contributed by atoms with Gasteiger partial charge in [-0.15, -0.1) is 0 Å². The first-order chi connectivity index (χ1) is 13.2. The van der Waals surface area contributed by atoms with Crippen molar-refractivity contribution in [2.24, 2.45) is 5.92 Å². The molecule has 1 saturated carbocycles. The van der Waals surface area contributed by atoms with Crippen LogP contribution in [0.4, 0.5) is 0 Å². The summed E-state index contributed by atoms with van der Waals surface area (Å²) < 4.78 is 0. The molecule has 0 bridgehead atoms. The number of carbonyl (C=O) groups excluding carboxylic acids is 3. The molecule has 0 N–H and O–H groups in total. The van der Waals surface area contributed by atoms with Crippen molar-refractivity contribution in [3.05, 3.63) is 24.3 Å². The summed E-state index contributed by atoms with van der Waals surface area (Å²) in [5.41, 5.74) is 0. The highest BCUT2D eigenvalue weighted by molar-refractivity contribution is 6.20. The fourth-order valence-electron chi connectivity index (χ4n) is 3.52. The lowest BCUT2D eigenvalue weighted by Gasteiger charge is -2.17. The zero-order valence-corrected chi connectivity index (χ0v) is 17.2. The number of unbranched alkanes of at least 4 members (excludes halogenated alkanes) is 8. The number of hydrogen-bond acceptors (Lipinski definition) is 3. The molecule has 3 nitrogen and oxygen atoms in total. The van der Waals surface area contributed by atoms with Crippen LogP contribution in [0.15, 0.2) is 24.3 Å². The number of allylic oxidation sites excluding steroid dienone is 4. The molecule has 0 heterocycles. The maximum Gasteiger partial charge on any atom is 0.150 e. The molecular weight excluding hydrogens is 336 g/mol. The molecule has 27 heavy (non-hydrogen) atoms. The molecule has 152 valence electrons. The monoisotopic (exact) mass is 374 g/mol. The number of ketones is 3. The van der Waals surface area contributed by atoms with E-state index >= 15 is 0 Å². The third kappa shape index (κ3) is 11.0. The minimum absolute atomic E-state index is 0.143. The predicted octanol–water partition coefficient (Wildman–Crippen LogP) is 6.31. The average Bonchev–Trinajstić information content (AvgIpc) is 2.64. The molecule has 1 aliphatic carbocycles. The molecule has 0 amide bonds. The van der Waals surface area contributed by atoms with Crippen molar-refractivity contribution in [3.63, 3.8) is 0 Å². The van der Waals surface area contributed by atoms with Crippen LogP contribution in [0.25, 0.3) is 0 Å². The van der Waals surface area contributed by atoms with Crippen molar-refractivity contribution in [3.8, 4) is 0 Å². The zero-order chi connectivity index (χ0) is 19.7. The Morgan fingerprint density at radius 1 is 0.815 bits per heavy atom. The molecule has 0 spiro atoms. The first kappa shape index (κ1) is 23.5. The lowest BCUT2D eigenvalue weighted by molar-refractivity contribution is -0.142. The summed E-state index contributed by atoms with van der Waals surface area (Å²) in [5, 5.41) is 0. The van der Waals surface area contributed by atoms with E-state index in [1.54, 1.807) is 0 Å². The minimum atomic E-state index is -0.926. The smallest absolute Gasteiger partial charge is 0.150 e. The number of Topliss-reactive ketones (excluding diaryl/α,β-unsaturated/α-hetero) is 3. The zero-order valence-electron chi connectivity index (χ0n) is 17.2. The Bertz CT molecular complexity index is 486. The summed E-state index contributed by atoms with van der Waals surface area (Å²) in [7, 11) is 0. The van der Waals surface area contributed by atoms with Crippen LogP contribution >= 0.6 is 0 Å². The Kier molecular flexibility index (Phi) is 13.5. The molecule has 1 fully saturated rings. The molecule has 0 aromatic carbocycles. The van der Waals surface area contributed by atoms with E-state index in [0.29, 0.717) is 25.7 Å². The second kappa shape index (κ2) is 15.5. The summed E-state index contributed by atoms with van der Waals surface area (Å²) >= 11 is 0. The molecule has 0 radical (unpaired) electrons. The van der Waals surface area contributed by atoms with Crippen LogP contribution < -0.4 is 0 Å². The van der Waals surface area contributed by atoms with Crippen LogP contribution in [-0.2, 0) is 14.4 Å². The lowest BCUT2D eigenvalue weighted by Crippen LogP contribution is -2.35. The van der Waals surface area contributed by atoms with Crippen molar-refractivity contribution in [2.45, 2.75) is 103 Å². The van der Waals surface area contributed by atoms with Gasteiger partial charge in [0.05, 0.1) is 0 Å². The van der Waals surface area contributed by atoms with Gasteiger partial charge in [-0.25, -0.2) is 0 Å². The topological polar surface area (TPSA) is 51.2 Å². The van der Waals surface area contributed by atoms with Crippen LogP contribution in [0.3, 0.4) is 0 Å². The second-order valence-electron chi connectivity index (χ2n) is 7.67. The molecule has 0 aromatic rings. The van der Waals surface area contributed by atoms with Crippen molar-refractivity contribution >= 4 is 17.3 Å². The quantitative estimate of drug-likeness (QED) is 0.192. The Hall–Kier alpha value is -1.51. The van der Waals surface area contributed by atoms with Gasteiger partial charge in [0.25, 0.3) is 0 Å². The first-order valence-corrected chi connectivity index (χ1v) is 11.0. The largest absolute Gasteiger partial charge is 0.298 e. The predicted molar refractivity (Wildman–Crippen MR) is 112 cm³/mol. The van der Waals surface area contributed by atoms with Gasteiger partial charge in [0.2, 0.25) is 0 Å². The van der Waals surface area contributed by atoms with Gasteiger partial charge in [-0.05, 0) is 44.9 Å². The fraction of sp³-hybridized carbons (Fsp3) is 0.708. The molecule has 0 saturated heterocycles. The molecule has 0 unspecified atom stereocenters. The molecule has 0 aromatic heterocycles. The number of carbonyl (C=O) groups is 3. The molecule has 1 aliphatic rings. The summed E-state index contributed by atoms with van der Waals surface area (Å²) in [6.45, 7) is 2.23. The van der Waals surface area contributed by atoms with Crippen molar-refractivity contribution in [1.29, 1.82) is 0 Å². The Balaban J connectivity index is 1.95. The van der Waals surface area contributed by atoms with Crippen LogP contribution in [0.2, 0.25) is 0 Å². The van der Waals surface area contributed by atoms with Gasteiger partial charge in [-0.3, -0.25) is 14.4 Å². The van der Waals surface area contributed by atoms with Crippen LogP contribution in [0.1, 0.15) is 103 Å². The van der Waals surface area contributed by atoms with Crippen LogP contribution in [0.5, 0.6) is 0 Å². The molecule has 0 aliphatic heterocycles. The van der Waals surface area contributed by atoms with Crippen LogP contribution in [-0.4, -0.2) is 17.3 Å². The normalized spacial score (nSPS) is 16.0. The van der Waals surface area contributed by atoms with Gasteiger partial charge in [0, 0.05) is 19.3 Å². The van der Waals surface area contributed by atoms with Crippen molar-refractivity contribution < 1.29 is 14.4 Å². The Labute approximate surface area is 165 Å². The molecular formula is C24H38O3. The van der Waals surface area contributed by atoms with Gasteiger partial charge < -0.3 is 0 Å². The second-order valence-corrected chi connectivity index (χ2v) is 7.67. The summed E-state index contributed by atoms with van der Waals surface area (Å²) in [6.07, 6.45) is 23.4. The fourth-order valence-corrected chi connectivity index (χ4v) is 3.52. The van der Waals surface area contributed by atoms with Gasteiger partial charge in [-0.1, -0.05) is 63.3 Å². The van der Waals surface area contributed by atoms with E-state index in [4.69, 9.17) is 0 Å². The maximum atomic E-state index is 12.1. The highest BCUT2D eigenvalue weighted by Crippen LogP contribution is 2.20. The van der Waals surface area contributed by atoms with Gasteiger partial charge in [-0.2, -0.15) is 0 Å². The average molecular weight is 375 g/mol. The maximum absolute atomic E-state index is 12.1. The van der Waals surface area contributed by atoms with Crippen LogP contribution in [0, 0.1) is 5.92 Å². The molecule has 3 heteroatoms. The Morgan fingerprint density at radius 2 is 1.37 bits per heavy atom. The van der Waals surface area contributed by atoms with Gasteiger partial charge >= 0.3 is 0 Å². The molecule has 0 atom stereocenters. The van der Waals surface area contributed by atoms with E-state index in [1.165, 1.54) is 38.5 Å². The van der Waals surface area contributed by atoms with E-state index in [-0.39, 0.29) is 17.3 Å². The van der Waals surface area contributed by atoms with Gasteiger partial charge in [0.1, 0.15) is 5.92 Å².